The number of anilines is 4. The van der Waals surface area contributed by atoms with Gasteiger partial charge in [-0.15, -0.1) is 0 Å². The first-order valence-electron chi connectivity index (χ1n) is 10.8. The van der Waals surface area contributed by atoms with Gasteiger partial charge < -0.3 is 15.3 Å². The van der Waals surface area contributed by atoms with Crippen molar-refractivity contribution in [1.82, 2.24) is 4.98 Å². The molecule has 0 saturated carbocycles. The normalized spacial score (nSPS) is 11.2. The summed E-state index contributed by atoms with van der Waals surface area (Å²) in [6.07, 6.45) is -2.95. The highest BCUT2D eigenvalue weighted by Crippen LogP contribution is 2.31. The summed E-state index contributed by atoms with van der Waals surface area (Å²) in [6.45, 7) is 0. The number of hydrogen-bond donors (Lipinski definition) is 2. The Balaban J connectivity index is 1.54. The Morgan fingerprint density at radius 3 is 2.14 bits per heavy atom. The second kappa shape index (κ2) is 10.3. The Morgan fingerprint density at radius 2 is 1.57 bits per heavy atom. The van der Waals surface area contributed by atoms with Gasteiger partial charge in [0.1, 0.15) is 5.69 Å². The SMILES string of the molecule is CN(c1ccc(Cl)cc1)c1ccc(C(=O)c2ccc(Nc3ccc(C(F)(F)F)cc3)c(C(=O)O)c2)nc1. The Labute approximate surface area is 215 Å². The minimum absolute atomic E-state index is 0.0988. The molecule has 1 aromatic heterocycles. The van der Waals surface area contributed by atoms with Gasteiger partial charge in [-0.25, -0.2) is 4.79 Å². The highest BCUT2D eigenvalue weighted by atomic mass is 35.5. The van der Waals surface area contributed by atoms with E-state index in [1.54, 1.807) is 24.3 Å². The zero-order chi connectivity index (χ0) is 26.7. The Kier molecular flexibility index (Phi) is 7.17. The third kappa shape index (κ3) is 5.90. The predicted molar refractivity (Wildman–Crippen MR) is 135 cm³/mol. The van der Waals surface area contributed by atoms with Crippen LogP contribution in [0, 0.1) is 0 Å². The summed E-state index contributed by atoms with van der Waals surface area (Å²) in [4.78, 5) is 31.0. The van der Waals surface area contributed by atoms with Crippen LogP contribution in [0.1, 0.15) is 32.0 Å². The van der Waals surface area contributed by atoms with E-state index in [1.165, 1.54) is 36.5 Å². The first kappa shape index (κ1) is 25.7. The molecule has 0 aliphatic carbocycles. The summed E-state index contributed by atoms with van der Waals surface area (Å²) < 4.78 is 38.4. The van der Waals surface area contributed by atoms with E-state index in [1.807, 2.05) is 24.1 Å². The second-order valence-electron chi connectivity index (χ2n) is 8.03. The van der Waals surface area contributed by atoms with E-state index in [9.17, 15) is 27.9 Å². The van der Waals surface area contributed by atoms with E-state index in [-0.39, 0.29) is 28.2 Å². The number of rotatable bonds is 7. The van der Waals surface area contributed by atoms with Crippen molar-refractivity contribution >= 4 is 46.1 Å². The van der Waals surface area contributed by atoms with Crippen molar-refractivity contribution in [2.45, 2.75) is 6.18 Å². The lowest BCUT2D eigenvalue weighted by molar-refractivity contribution is -0.137. The number of carbonyl (C=O) groups excluding carboxylic acids is 1. The molecular weight excluding hydrogens is 507 g/mol. The van der Waals surface area contributed by atoms with Gasteiger partial charge in [0.25, 0.3) is 0 Å². The zero-order valence-electron chi connectivity index (χ0n) is 19.3. The molecule has 0 bridgehead atoms. The minimum atomic E-state index is -4.48. The van der Waals surface area contributed by atoms with Crippen LogP contribution in [-0.4, -0.2) is 28.9 Å². The van der Waals surface area contributed by atoms with Gasteiger partial charge in [-0.05, 0) is 78.9 Å². The third-order valence-corrected chi connectivity index (χ3v) is 5.84. The average molecular weight is 526 g/mol. The van der Waals surface area contributed by atoms with Crippen molar-refractivity contribution < 1.29 is 27.9 Å². The van der Waals surface area contributed by atoms with E-state index in [0.29, 0.717) is 5.02 Å². The Hall–Kier alpha value is -4.37. The number of benzene rings is 3. The molecule has 0 atom stereocenters. The monoisotopic (exact) mass is 525 g/mol. The van der Waals surface area contributed by atoms with Gasteiger partial charge in [-0.3, -0.25) is 9.78 Å². The summed E-state index contributed by atoms with van der Waals surface area (Å²) >= 11 is 5.93. The van der Waals surface area contributed by atoms with E-state index < -0.39 is 23.5 Å². The second-order valence-corrected chi connectivity index (χ2v) is 8.47. The van der Waals surface area contributed by atoms with E-state index in [2.05, 4.69) is 10.3 Å². The number of aromatic carboxylic acids is 1. The van der Waals surface area contributed by atoms with Crippen molar-refractivity contribution in [2.75, 3.05) is 17.3 Å². The van der Waals surface area contributed by atoms with Crippen molar-refractivity contribution in [3.8, 4) is 0 Å². The lowest BCUT2D eigenvalue weighted by Gasteiger charge is -2.19. The zero-order valence-corrected chi connectivity index (χ0v) is 20.0. The molecule has 4 rings (SSSR count). The topological polar surface area (TPSA) is 82.5 Å². The molecule has 4 aromatic rings. The fraction of sp³-hybridized carbons (Fsp3) is 0.0741. The summed E-state index contributed by atoms with van der Waals surface area (Å²) in [5, 5.41) is 13.1. The van der Waals surface area contributed by atoms with Gasteiger partial charge in [-0.2, -0.15) is 13.2 Å². The molecule has 0 saturated heterocycles. The molecule has 3 aromatic carbocycles. The van der Waals surface area contributed by atoms with Crippen LogP contribution in [0.2, 0.25) is 5.02 Å². The van der Waals surface area contributed by atoms with Crippen LogP contribution in [0.15, 0.2) is 85.1 Å². The quantitative estimate of drug-likeness (QED) is 0.248. The number of halogens is 4. The summed E-state index contributed by atoms with van der Waals surface area (Å²) in [5.41, 5.74) is 1.15. The third-order valence-electron chi connectivity index (χ3n) is 5.59. The highest BCUT2D eigenvalue weighted by Gasteiger charge is 2.30. The van der Waals surface area contributed by atoms with Gasteiger partial charge >= 0.3 is 12.1 Å². The molecular formula is C27H19ClF3N3O3. The molecule has 37 heavy (non-hydrogen) atoms. The molecule has 188 valence electrons. The maximum absolute atomic E-state index is 13.0. The molecule has 0 aliphatic rings. The van der Waals surface area contributed by atoms with Crippen molar-refractivity contribution in [3.05, 3.63) is 112 Å². The number of carbonyl (C=O) groups is 2. The van der Waals surface area contributed by atoms with Crippen molar-refractivity contribution in [1.29, 1.82) is 0 Å². The minimum Gasteiger partial charge on any atom is -0.478 e. The maximum Gasteiger partial charge on any atom is 0.416 e. The number of carboxylic acids is 1. The van der Waals surface area contributed by atoms with Gasteiger partial charge in [0.05, 0.1) is 28.7 Å². The van der Waals surface area contributed by atoms with Gasteiger partial charge in [0, 0.05) is 29.0 Å². The fourth-order valence-corrected chi connectivity index (χ4v) is 3.68. The van der Waals surface area contributed by atoms with Crippen LogP contribution < -0.4 is 10.2 Å². The standard InChI is InChI=1S/C27H19ClF3N3O3/c1-34(20-9-5-18(28)6-10-20)21-11-13-24(32-15-21)25(35)16-2-12-23(22(14-16)26(36)37)33-19-7-3-17(4-8-19)27(29,30)31/h2-15,33H,1H3,(H,36,37). The predicted octanol–water partition coefficient (Wildman–Crippen LogP) is 7.19. The highest BCUT2D eigenvalue weighted by molar-refractivity contribution is 6.30. The lowest BCUT2D eigenvalue weighted by atomic mass is 10.0. The molecule has 0 radical (unpaired) electrons. The van der Waals surface area contributed by atoms with Gasteiger partial charge in [0.15, 0.2) is 0 Å². The van der Waals surface area contributed by atoms with Crippen LogP contribution in [0.4, 0.5) is 35.9 Å². The molecule has 1 heterocycles. The number of carboxylic acid groups (broad SMARTS) is 1. The molecule has 10 heteroatoms. The van der Waals surface area contributed by atoms with Crippen LogP contribution in [0.5, 0.6) is 0 Å². The largest absolute Gasteiger partial charge is 0.478 e. The Bertz CT molecular complexity index is 1440. The van der Waals surface area contributed by atoms with E-state index in [0.717, 1.165) is 23.5 Å². The number of alkyl halides is 3. The smallest absolute Gasteiger partial charge is 0.416 e. The fourth-order valence-electron chi connectivity index (χ4n) is 3.55. The molecule has 0 fully saturated rings. The molecule has 0 aliphatic heterocycles. The maximum atomic E-state index is 13.0. The summed E-state index contributed by atoms with van der Waals surface area (Å²) in [5.74, 6) is -1.79. The van der Waals surface area contributed by atoms with E-state index in [4.69, 9.17) is 11.6 Å². The first-order chi connectivity index (χ1) is 17.5. The van der Waals surface area contributed by atoms with Crippen molar-refractivity contribution in [3.63, 3.8) is 0 Å². The number of ketones is 1. The first-order valence-corrected chi connectivity index (χ1v) is 11.2. The number of pyridine rings is 1. The van der Waals surface area contributed by atoms with Crippen LogP contribution in [-0.2, 0) is 6.18 Å². The molecule has 2 N–H and O–H groups in total. The summed E-state index contributed by atoms with van der Waals surface area (Å²) in [7, 11) is 1.84. The Morgan fingerprint density at radius 1 is 0.919 bits per heavy atom. The molecule has 0 spiro atoms. The summed E-state index contributed by atoms with van der Waals surface area (Å²) in [6, 6.07) is 18.6. The molecule has 0 amide bonds. The van der Waals surface area contributed by atoms with E-state index >= 15 is 0 Å². The molecule has 0 unspecified atom stereocenters. The number of aromatic nitrogens is 1. The van der Waals surface area contributed by atoms with Gasteiger partial charge in [-0.1, -0.05) is 11.6 Å². The number of nitrogens with one attached hydrogen (secondary N) is 1. The van der Waals surface area contributed by atoms with Crippen LogP contribution in [0.25, 0.3) is 0 Å². The van der Waals surface area contributed by atoms with Crippen LogP contribution in [0.3, 0.4) is 0 Å². The van der Waals surface area contributed by atoms with Gasteiger partial charge in [0.2, 0.25) is 5.78 Å². The average Bonchev–Trinajstić information content (AvgIpc) is 2.88. The van der Waals surface area contributed by atoms with Crippen LogP contribution >= 0.6 is 11.6 Å². The lowest BCUT2D eigenvalue weighted by Crippen LogP contribution is -2.11. The number of nitrogens with zero attached hydrogens (tertiary/aromatic N) is 2. The molecule has 6 nitrogen and oxygen atoms in total. The number of hydrogen-bond acceptors (Lipinski definition) is 5. The van der Waals surface area contributed by atoms with Crippen molar-refractivity contribution in [2.24, 2.45) is 0 Å².